The van der Waals surface area contributed by atoms with Crippen molar-refractivity contribution in [3.05, 3.63) is 65.5 Å². The second-order valence-electron chi connectivity index (χ2n) is 6.45. The molecule has 1 saturated heterocycles. The van der Waals surface area contributed by atoms with Crippen LogP contribution in [0.1, 0.15) is 35.6 Å². The van der Waals surface area contributed by atoms with Gasteiger partial charge in [0.05, 0.1) is 12.5 Å². The van der Waals surface area contributed by atoms with Gasteiger partial charge in [0.15, 0.2) is 0 Å². The Morgan fingerprint density at radius 1 is 1.29 bits per heavy atom. The average Bonchev–Trinajstić information content (AvgIpc) is 2.61. The molecule has 0 spiro atoms. The molecule has 4 heteroatoms. The van der Waals surface area contributed by atoms with Gasteiger partial charge in [0, 0.05) is 25.6 Å². The van der Waals surface area contributed by atoms with Gasteiger partial charge in [0.1, 0.15) is 0 Å². The molecule has 1 amide bonds. The van der Waals surface area contributed by atoms with Crippen molar-refractivity contribution in [1.29, 1.82) is 0 Å². The third-order valence-corrected chi connectivity index (χ3v) is 4.54. The number of nitrogens with zero attached hydrogens (tertiary/aromatic N) is 1. The Bertz CT molecular complexity index is 666. The van der Waals surface area contributed by atoms with Gasteiger partial charge in [-0.1, -0.05) is 35.9 Å². The van der Waals surface area contributed by atoms with Crippen LogP contribution in [0.15, 0.2) is 48.8 Å². The summed E-state index contributed by atoms with van der Waals surface area (Å²) < 4.78 is 5.47. The molecule has 0 aliphatic carbocycles. The van der Waals surface area contributed by atoms with E-state index >= 15 is 0 Å². The van der Waals surface area contributed by atoms with E-state index in [0.717, 1.165) is 37.2 Å². The predicted molar refractivity (Wildman–Crippen MR) is 93.5 cm³/mol. The summed E-state index contributed by atoms with van der Waals surface area (Å²) in [6.45, 7) is 3.56. The van der Waals surface area contributed by atoms with E-state index in [-0.39, 0.29) is 11.9 Å². The molecule has 2 heterocycles. The number of hydrogen-bond acceptors (Lipinski definition) is 3. The van der Waals surface area contributed by atoms with E-state index in [9.17, 15) is 4.79 Å². The highest BCUT2D eigenvalue weighted by Gasteiger charge is 2.27. The molecule has 1 N–H and O–H groups in total. The van der Waals surface area contributed by atoms with Gasteiger partial charge in [-0.05, 0) is 42.9 Å². The van der Waals surface area contributed by atoms with Crippen LogP contribution in [0.2, 0.25) is 0 Å². The normalized spacial score (nSPS) is 16.5. The van der Waals surface area contributed by atoms with Crippen molar-refractivity contribution in [2.75, 3.05) is 13.2 Å². The molecule has 1 aromatic heterocycles. The van der Waals surface area contributed by atoms with Crippen molar-refractivity contribution in [1.82, 2.24) is 10.3 Å². The van der Waals surface area contributed by atoms with E-state index in [1.165, 1.54) is 5.56 Å². The monoisotopic (exact) mass is 324 g/mol. The van der Waals surface area contributed by atoms with Crippen LogP contribution in [0.5, 0.6) is 0 Å². The first-order valence-corrected chi connectivity index (χ1v) is 8.55. The minimum absolute atomic E-state index is 0.0000841. The van der Waals surface area contributed by atoms with Gasteiger partial charge < -0.3 is 10.1 Å². The lowest BCUT2D eigenvalue weighted by atomic mass is 9.87. The van der Waals surface area contributed by atoms with Crippen molar-refractivity contribution in [2.24, 2.45) is 5.92 Å². The second-order valence-corrected chi connectivity index (χ2v) is 6.45. The van der Waals surface area contributed by atoms with Gasteiger partial charge in [-0.25, -0.2) is 0 Å². The van der Waals surface area contributed by atoms with E-state index < -0.39 is 0 Å². The molecule has 1 aromatic carbocycles. The van der Waals surface area contributed by atoms with Crippen LogP contribution < -0.4 is 5.32 Å². The van der Waals surface area contributed by atoms with E-state index in [1.54, 1.807) is 6.20 Å². The number of carbonyl (C=O) groups excluding carboxylic acids is 1. The van der Waals surface area contributed by atoms with Crippen LogP contribution in [0.3, 0.4) is 0 Å². The molecule has 0 radical (unpaired) electrons. The topological polar surface area (TPSA) is 51.2 Å². The van der Waals surface area contributed by atoms with Crippen molar-refractivity contribution in [3.8, 4) is 0 Å². The molecule has 126 valence electrons. The van der Waals surface area contributed by atoms with Gasteiger partial charge in [-0.3, -0.25) is 9.78 Å². The Hall–Kier alpha value is -2.20. The number of pyridine rings is 1. The summed E-state index contributed by atoms with van der Waals surface area (Å²) in [5, 5.41) is 3.24. The number of nitrogens with one attached hydrogen (secondary N) is 1. The second kappa shape index (κ2) is 8.06. The molecule has 1 aliphatic rings. The highest BCUT2D eigenvalue weighted by molar-refractivity contribution is 5.79. The lowest BCUT2D eigenvalue weighted by molar-refractivity contribution is -0.121. The van der Waals surface area contributed by atoms with E-state index in [4.69, 9.17) is 4.74 Å². The number of hydrogen-bond donors (Lipinski definition) is 1. The Morgan fingerprint density at radius 3 is 2.83 bits per heavy atom. The maximum Gasteiger partial charge on any atom is 0.224 e. The van der Waals surface area contributed by atoms with Gasteiger partial charge >= 0.3 is 0 Å². The molecule has 1 aliphatic heterocycles. The van der Waals surface area contributed by atoms with Crippen molar-refractivity contribution >= 4 is 5.91 Å². The van der Waals surface area contributed by atoms with Gasteiger partial charge in [0.25, 0.3) is 0 Å². The number of amides is 1. The minimum atomic E-state index is -0.0000841. The molecular formula is C20H24N2O2. The summed E-state index contributed by atoms with van der Waals surface area (Å²) >= 11 is 0. The Kier molecular flexibility index (Phi) is 5.59. The first kappa shape index (κ1) is 16.7. The third kappa shape index (κ3) is 4.42. The van der Waals surface area contributed by atoms with Crippen molar-refractivity contribution in [2.45, 2.75) is 32.2 Å². The summed E-state index contributed by atoms with van der Waals surface area (Å²) in [6, 6.07) is 12.1. The van der Waals surface area contributed by atoms with E-state index in [0.29, 0.717) is 12.3 Å². The molecule has 0 unspecified atom stereocenters. The number of rotatable bonds is 5. The van der Waals surface area contributed by atoms with Crippen LogP contribution >= 0.6 is 0 Å². The lowest BCUT2D eigenvalue weighted by Gasteiger charge is -2.31. The van der Waals surface area contributed by atoms with Crippen molar-refractivity contribution < 1.29 is 9.53 Å². The highest BCUT2D eigenvalue weighted by Crippen LogP contribution is 2.29. The summed E-state index contributed by atoms with van der Waals surface area (Å²) in [4.78, 5) is 16.8. The van der Waals surface area contributed by atoms with Crippen LogP contribution in [0, 0.1) is 12.8 Å². The Labute approximate surface area is 143 Å². The van der Waals surface area contributed by atoms with Crippen molar-refractivity contribution in [3.63, 3.8) is 0 Å². The summed E-state index contributed by atoms with van der Waals surface area (Å²) in [6.07, 6.45) is 5.95. The molecule has 4 nitrogen and oxygen atoms in total. The van der Waals surface area contributed by atoms with E-state index in [1.807, 2.05) is 43.5 Å². The molecule has 0 bridgehead atoms. The number of ether oxygens (including phenoxy) is 1. The highest BCUT2D eigenvalue weighted by atomic mass is 16.5. The fourth-order valence-corrected chi connectivity index (χ4v) is 3.31. The standard InChI is InChI=1S/C20H24N2O2/c1-15-4-2-5-16(12-15)13-19(23)22-20(17-7-10-24-11-8-17)18-6-3-9-21-14-18/h2-6,9,12,14,17,20H,7-8,10-11,13H2,1H3,(H,22,23)/t20-/m1/s1. The van der Waals surface area contributed by atoms with Crippen LogP contribution in [0.25, 0.3) is 0 Å². The molecule has 24 heavy (non-hydrogen) atoms. The first-order chi connectivity index (χ1) is 11.7. The van der Waals surface area contributed by atoms with Crippen LogP contribution in [-0.4, -0.2) is 24.1 Å². The Morgan fingerprint density at radius 2 is 2.12 bits per heavy atom. The fraction of sp³-hybridized carbons (Fsp3) is 0.400. The number of benzene rings is 1. The number of carbonyl (C=O) groups is 1. The van der Waals surface area contributed by atoms with Crippen LogP contribution in [-0.2, 0) is 16.0 Å². The zero-order valence-corrected chi connectivity index (χ0v) is 14.1. The van der Waals surface area contributed by atoms with Gasteiger partial charge in [-0.15, -0.1) is 0 Å². The minimum Gasteiger partial charge on any atom is -0.381 e. The largest absolute Gasteiger partial charge is 0.381 e. The molecule has 1 atom stereocenters. The van der Waals surface area contributed by atoms with Gasteiger partial charge in [-0.2, -0.15) is 0 Å². The summed E-state index contributed by atoms with van der Waals surface area (Å²) in [5.74, 6) is 0.449. The maximum absolute atomic E-state index is 12.6. The number of aryl methyl sites for hydroxylation is 1. The van der Waals surface area contributed by atoms with E-state index in [2.05, 4.69) is 16.4 Å². The summed E-state index contributed by atoms with van der Waals surface area (Å²) in [7, 11) is 0. The molecule has 0 saturated carbocycles. The van der Waals surface area contributed by atoms with Gasteiger partial charge in [0.2, 0.25) is 5.91 Å². The summed E-state index contributed by atoms with van der Waals surface area (Å²) in [5.41, 5.74) is 3.29. The zero-order valence-electron chi connectivity index (χ0n) is 14.1. The first-order valence-electron chi connectivity index (χ1n) is 8.55. The lowest BCUT2D eigenvalue weighted by Crippen LogP contribution is -2.36. The maximum atomic E-state index is 12.6. The molecule has 3 rings (SSSR count). The quantitative estimate of drug-likeness (QED) is 0.919. The predicted octanol–water partition coefficient (Wildman–Crippen LogP) is 3.22. The van der Waals surface area contributed by atoms with Crippen LogP contribution in [0.4, 0.5) is 0 Å². The molecular weight excluding hydrogens is 300 g/mol. The third-order valence-electron chi connectivity index (χ3n) is 4.54. The molecule has 2 aromatic rings. The zero-order chi connectivity index (χ0) is 16.8. The number of aromatic nitrogens is 1. The SMILES string of the molecule is Cc1cccc(CC(=O)N[C@@H](c2cccnc2)C2CCOCC2)c1. The smallest absolute Gasteiger partial charge is 0.224 e. The fourth-order valence-electron chi connectivity index (χ4n) is 3.31. The Balaban J connectivity index is 1.72. The average molecular weight is 324 g/mol. The molecule has 1 fully saturated rings.